The number of amides is 2. The number of hydrogen-bond acceptors (Lipinski definition) is 5. The molecule has 1 fully saturated rings. The van der Waals surface area contributed by atoms with Gasteiger partial charge >= 0.3 is 0 Å². The highest BCUT2D eigenvalue weighted by Gasteiger charge is 2.30. The Balaban J connectivity index is 1.49. The predicted octanol–water partition coefficient (Wildman–Crippen LogP) is 2.72. The van der Waals surface area contributed by atoms with Gasteiger partial charge in [-0.25, -0.2) is 0 Å². The quantitative estimate of drug-likeness (QED) is 0.736. The van der Waals surface area contributed by atoms with Crippen LogP contribution in [0.2, 0.25) is 5.02 Å². The lowest BCUT2D eigenvalue weighted by Gasteiger charge is -2.15. The summed E-state index contributed by atoms with van der Waals surface area (Å²) in [5.41, 5.74) is 2.74. The average Bonchev–Trinajstić information content (AvgIpc) is 3.37. The number of hydrogen-bond donors (Lipinski definition) is 2. The molecule has 0 aliphatic carbocycles. The van der Waals surface area contributed by atoms with Crippen LogP contribution < -0.4 is 24.8 Å². The number of carbonyl (C=O) groups excluding carboxylic acids is 2. The van der Waals surface area contributed by atoms with Gasteiger partial charge < -0.3 is 24.8 Å². The molecule has 2 heterocycles. The second-order valence-corrected chi connectivity index (χ2v) is 7.77. The van der Waals surface area contributed by atoms with Gasteiger partial charge in [0.2, 0.25) is 11.8 Å². The van der Waals surface area contributed by atoms with Gasteiger partial charge in [0, 0.05) is 24.0 Å². The maximum absolute atomic E-state index is 12.2. The number of halogens is 1. The minimum atomic E-state index is -0.461. The summed E-state index contributed by atoms with van der Waals surface area (Å²) in [6, 6.07) is 9.00. The molecule has 2 aliphatic rings. The zero-order chi connectivity index (χ0) is 21.3. The monoisotopic (exact) mass is 430 g/mol. The largest absolute Gasteiger partial charge is 0.497 e. The van der Waals surface area contributed by atoms with Gasteiger partial charge in [-0.3, -0.25) is 9.59 Å². The molecule has 2 aromatic rings. The zero-order valence-electron chi connectivity index (χ0n) is 16.8. The Bertz CT molecular complexity index is 994. The molecule has 2 aliphatic heterocycles. The smallest absolute Gasteiger partial charge is 0.242 e. The first kappa shape index (κ1) is 20.3. The van der Waals surface area contributed by atoms with Crippen molar-refractivity contribution < 1.29 is 23.8 Å². The first-order chi connectivity index (χ1) is 14.5. The summed E-state index contributed by atoms with van der Waals surface area (Å²) in [7, 11) is 3.24. The van der Waals surface area contributed by atoms with Crippen molar-refractivity contribution in [3.05, 3.63) is 40.9 Å². The van der Waals surface area contributed by atoms with Crippen LogP contribution in [-0.4, -0.2) is 44.7 Å². The molecule has 158 valence electrons. The van der Waals surface area contributed by atoms with Crippen LogP contribution in [-0.2, 0) is 16.0 Å². The number of nitrogens with one attached hydrogen (secondary N) is 2. The van der Waals surface area contributed by atoms with Crippen molar-refractivity contribution in [2.24, 2.45) is 0 Å². The van der Waals surface area contributed by atoms with Crippen molar-refractivity contribution in [3.8, 4) is 28.4 Å². The lowest BCUT2D eigenvalue weighted by atomic mass is 9.99. The molecule has 2 unspecified atom stereocenters. The number of carbonyl (C=O) groups is 2. The third kappa shape index (κ3) is 4.03. The lowest BCUT2D eigenvalue weighted by Crippen LogP contribution is -2.44. The minimum absolute atomic E-state index is 0.0908. The Morgan fingerprint density at radius 2 is 2.10 bits per heavy atom. The fraction of sp³-hybridized carbons (Fsp3) is 0.364. The maximum Gasteiger partial charge on any atom is 0.242 e. The van der Waals surface area contributed by atoms with Gasteiger partial charge in [0.1, 0.15) is 29.4 Å². The van der Waals surface area contributed by atoms with Crippen molar-refractivity contribution in [3.63, 3.8) is 0 Å². The number of rotatable bonds is 6. The van der Waals surface area contributed by atoms with Crippen LogP contribution in [0.15, 0.2) is 30.3 Å². The summed E-state index contributed by atoms with van der Waals surface area (Å²) < 4.78 is 16.8. The van der Waals surface area contributed by atoms with E-state index < -0.39 is 6.04 Å². The second kappa shape index (κ2) is 8.44. The van der Waals surface area contributed by atoms with Gasteiger partial charge in [-0.05, 0) is 42.3 Å². The van der Waals surface area contributed by atoms with Crippen molar-refractivity contribution in [2.75, 3.05) is 20.8 Å². The van der Waals surface area contributed by atoms with E-state index >= 15 is 0 Å². The number of methoxy groups -OCH3 is 2. The highest BCUT2D eigenvalue weighted by atomic mass is 35.5. The zero-order valence-corrected chi connectivity index (χ0v) is 17.5. The molecule has 0 spiro atoms. The third-order valence-corrected chi connectivity index (χ3v) is 5.67. The average molecular weight is 431 g/mol. The highest BCUT2D eigenvalue weighted by Crippen LogP contribution is 2.42. The fourth-order valence-corrected chi connectivity index (χ4v) is 4.13. The van der Waals surface area contributed by atoms with Crippen molar-refractivity contribution in [1.29, 1.82) is 0 Å². The van der Waals surface area contributed by atoms with Gasteiger partial charge in [-0.2, -0.15) is 0 Å². The molecule has 0 aromatic heterocycles. The number of fused-ring (bicyclic) bond motifs is 1. The summed E-state index contributed by atoms with van der Waals surface area (Å²) >= 11 is 6.51. The van der Waals surface area contributed by atoms with E-state index in [-0.39, 0.29) is 17.9 Å². The molecule has 30 heavy (non-hydrogen) atoms. The van der Waals surface area contributed by atoms with Crippen molar-refractivity contribution in [2.45, 2.75) is 31.4 Å². The van der Waals surface area contributed by atoms with Gasteiger partial charge in [0.25, 0.3) is 0 Å². The van der Waals surface area contributed by atoms with Crippen molar-refractivity contribution >= 4 is 23.4 Å². The Labute approximate surface area is 179 Å². The number of benzene rings is 2. The third-order valence-electron chi connectivity index (χ3n) is 5.39. The van der Waals surface area contributed by atoms with Gasteiger partial charge in [0.05, 0.1) is 25.8 Å². The summed E-state index contributed by atoms with van der Waals surface area (Å²) in [6.07, 6.45) is 1.30. The molecule has 2 N–H and O–H groups in total. The molecular formula is C22H23ClN2O5. The van der Waals surface area contributed by atoms with Crippen LogP contribution in [0.3, 0.4) is 0 Å². The van der Waals surface area contributed by atoms with Crippen LogP contribution in [0.5, 0.6) is 17.2 Å². The molecule has 2 amide bonds. The Morgan fingerprint density at radius 3 is 2.80 bits per heavy atom. The standard InChI is InChI=1S/C22H23ClN2O5/c1-28-14-3-5-19(29-2)16(10-14)12-7-13-8-15(30-21(13)17(23)9-12)11-24-22(27)18-4-6-20(26)25-18/h3,5,7,9-10,15,18H,4,6,8,11H2,1-2H3,(H,24,27)(H,25,26). The summed E-state index contributed by atoms with van der Waals surface area (Å²) in [5.74, 6) is 1.79. The van der Waals surface area contributed by atoms with E-state index in [1.165, 1.54) is 0 Å². The normalized spacial score (nSPS) is 19.6. The predicted molar refractivity (Wildman–Crippen MR) is 112 cm³/mol. The topological polar surface area (TPSA) is 85.9 Å². The minimum Gasteiger partial charge on any atom is -0.497 e. The first-order valence-corrected chi connectivity index (χ1v) is 10.1. The molecule has 1 saturated heterocycles. The molecule has 4 rings (SSSR count). The molecule has 0 saturated carbocycles. The van der Waals surface area contributed by atoms with Crippen molar-refractivity contribution in [1.82, 2.24) is 10.6 Å². The molecule has 2 aromatic carbocycles. The van der Waals surface area contributed by atoms with Crippen LogP contribution >= 0.6 is 11.6 Å². The van der Waals surface area contributed by atoms with E-state index in [1.807, 2.05) is 30.3 Å². The second-order valence-electron chi connectivity index (χ2n) is 7.36. The lowest BCUT2D eigenvalue weighted by molar-refractivity contribution is -0.126. The van der Waals surface area contributed by atoms with E-state index in [4.69, 9.17) is 25.8 Å². The Hall–Kier alpha value is -2.93. The SMILES string of the molecule is COc1ccc(OC)c(-c2cc(Cl)c3c(c2)CC(CNC(=O)C2CCC(=O)N2)O3)c1. The molecule has 0 bridgehead atoms. The van der Waals surface area contributed by atoms with Gasteiger partial charge in [0.15, 0.2) is 0 Å². The Morgan fingerprint density at radius 1 is 1.27 bits per heavy atom. The summed E-state index contributed by atoms with van der Waals surface area (Å²) in [6.45, 7) is 0.341. The fourth-order valence-electron chi connectivity index (χ4n) is 3.84. The molecule has 0 radical (unpaired) electrons. The maximum atomic E-state index is 12.2. The van der Waals surface area contributed by atoms with E-state index in [0.717, 1.165) is 22.4 Å². The number of ether oxygens (including phenoxy) is 3. The molecular weight excluding hydrogens is 408 g/mol. The van der Waals surface area contributed by atoms with E-state index in [0.29, 0.717) is 42.3 Å². The molecule has 2 atom stereocenters. The summed E-state index contributed by atoms with van der Waals surface area (Å²) in [4.78, 5) is 23.5. The van der Waals surface area contributed by atoms with Crippen LogP contribution in [0.1, 0.15) is 18.4 Å². The first-order valence-electron chi connectivity index (χ1n) is 9.77. The highest BCUT2D eigenvalue weighted by molar-refractivity contribution is 6.32. The Kier molecular flexibility index (Phi) is 5.72. The van der Waals surface area contributed by atoms with E-state index in [1.54, 1.807) is 14.2 Å². The van der Waals surface area contributed by atoms with Crippen LogP contribution in [0.4, 0.5) is 0 Å². The van der Waals surface area contributed by atoms with Crippen LogP contribution in [0.25, 0.3) is 11.1 Å². The molecule has 7 nitrogen and oxygen atoms in total. The van der Waals surface area contributed by atoms with E-state index in [9.17, 15) is 9.59 Å². The van der Waals surface area contributed by atoms with Gasteiger partial charge in [-0.15, -0.1) is 0 Å². The van der Waals surface area contributed by atoms with Crippen LogP contribution in [0, 0.1) is 0 Å². The summed E-state index contributed by atoms with van der Waals surface area (Å²) in [5, 5.41) is 6.03. The van der Waals surface area contributed by atoms with Gasteiger partial charge in [-0.1, -0.05) is 11.6 Å². The van der Waals surface area contributed by atoms with E-state index in [2.05, 4.69) is 10.6 Å². The molecule has 8 heteroatoms.